The van der Waals surface area contributed by atoms with E-state index >= 15 is 0 Å². The number of hydrogen-bond donors (Lipinski definition) is 1. The van der Waals surface area contributed by atoms with Gasteiger partial charge >= 0.3 is 50.9 Å². The van der Waals surface area contributed by atoms with Crippen LogP contribution >= 0.6 is 0 Å². The molecule has 0 amide bonds. The molecule has 1 fully saturated rings. The summed E-state index contributed by atoms with van der Waals surface area (Å²) in [4.78, 5) is 0. The van der Waals surface area contributed by atoms with Crippen LogP contribution in [0.15, 0.2) is 0 Å². The molecule has 0 saturated heterocycles. The Morgan fingerprint density at radius 1 is 1.08 bits per heavy atom. The van der Waals surface area contributed by atoms with E-state index in [-0.39, 0.29) is 0 Å². The third-order valence-electron chi connectivity index (χ3n) is 1.97. The van der Waals surface area contributed by atoms with Crippen molar-refractivity contribution >= 4 is 27.0 Å². The molecule has 5 heteroatoms. The molecule has 1 aliphatic carbocycles. The van der Waals surface area contributed by atoms with Gasteiger partial charge in [-0.15, -0.1) is 0 Å². The summed E-state index contributed by atoms with van der Waals surface area (Å²) in [5.41, 5.74) is 0. The van der Waals surface area contributed by atoms with Crippen molar-refractivity contribution in [3.05, 3.63) is 0 Å². The van der Waals surface area contributed by atoms with Gasteiger partial charge in [0.2, 0.25) is 0 Å². The summed E-state index contributed by atoms with van der Waals surface area (Å²) in [6.45, 7) is 1.44. The van der Waals surface area contributed by atoms with Crippen LogP contribution < -0.4 is 0 Å². The molecular formula is C8H19AsO3S. The van der Waals surface area contributed by atoms with Crippen LogP contribution in [0.25, 0.3) is 0 Å². The Morgan fingerprint density at radius 3 is 1.31 bits per heavy atom. The van der Waals surface area contributed by atoms with Crippen LogP contribution in [0.2, 0.25) is 0 Å². The van der Waals surface area contributed by atoms with Gasteiger partial charge in [0.05, 0.1) is 0 Å². The molecule has 0 spiro atoms. The van der Waals surface area contributed by atoms with Gasteiger partial charge in [-0.2, -0.15) is 0 Å². The second-order valence-electron chi connectivity index (χ2n) is 3.34. The minimum absolute atomic E-state index is 0.611. The SMILES string of the molecule is C1CCCCC1.CC([AsH2])S(=O)(=O)O. The van der Waals surface area contributed by atoms with Gasteiger partial charge in [0.15, 0.2) is 0 Å². The predicted molar refractivity (Wildman–Crippen MR) is 57.3 cm³/mol. The van der Waals surface area contributed by atoms with Crippen LogP contribution in [0.4, 0.5) is 0 Å². The summed E-state index contributed by atoms with van der Waals surface area (Å²) in [5, 5.41) is 0. The van der Waals surface area contributed by atoms with E-state index in [1.165, 1.54) is 45.4 Å². The van der Waals surface area contributed by atoms with Crippen molar-refractivity contribution in [3.63, 3.8) is 0 Å². The topological polar surface area (TPSA) is 54.4 Å². The zero-order valence-corrected chi connectivity index (χ0v) is 11.3. The Bertz CT molecular complexity index is 196. The first-order valence-electron chi connectivity index (χ1n) is 4.66. The predicted octanol–water partition coefficient (Wildman–Crippen LogP) is 1.19. The first-order valence-corrected chi connectivity index (χ1v) is 7.56. The maximum absolute atomic E-state index is 9.90. The van der Waals surface area contributed by atoms with E-state index in [0.717, 1.165) is 16.9 Å². The van der Waals surface area contributed by atoms with Crippen LogP contribution in [-0.2, 0) is 10.1 Å². The van der Waals surface area contributed by atoms with Gasteiger partial charge in [0.1, 0.15) is 0 Å². The fourth-order valence-corrected chi connectivity index (χ4v) is 1.06. The normalized spacial score (nSPS) is 19.9. The van der Waals surface area contributed by atoms with E-state index in [2.05, 4.69) is 0 Å². The summed E-state index contributed by atoms with van der Waals surface area (Å²) in [5.74, 6) is 0. The van der Waals surface area contributed by atoms with Gasteiger partial charge < -0.3 is 0 Å². The van der Waals surface area contributed by atoms with E-state index in [1.54, 1.807) is 0 Å². The number of hydrogen-bond acceptors (Lipinski definition) is 2. The molecule has 0 radical (unpaired) electrons. The summed E-state index contributed by atoms with van der Waals surface area (Å²) in [7, 11) is -3.71. The Labute approximate surface area is 89.5 Å². The maximum atomic E-state index is 9.90. The summed E-state index contributed by atoms with van der Waals surface area (Å²) < 4.78 is 27.3. The molecule has 0 heterocycles. The fraction of sp³-hybridized carbons (Fsp3) is 1.00. The third kappa shape index (κ3) is 8.79. The minimum atomic E-state index is -3.71. The molecule has 13 heavy (non-hydrogen) atoms. The Morgan fingerprint density at radius 2 is 1.23 bits per heavy atom. The molecular weight excluding hydrogens is 251 g/mol. The van der Waals surface area contributed by atoms with Crippen molar-refractivity contribution in [3.8, 4) is 0 Å². The van der Waals surface area contributed by atoms with E-state index in [1.807, 2.05) is 0 Å². The molecule has 2 unspecified atom stereocenters. The van der Waals surface area contributed by atoms with Crippen molar-refractivity contribution in [2.45, 2.75) is 49.5 Å². The molecule has 0 aromatic rings. The molecule has 1 N–H and O–H groups in total. The Hall–Kier alpha value is 0.468. The zero-order valence-electron chi connectivity index (χ0n) is 8.07. The van der Waals surface area contributed by atoms with Gasteiger partial charge in [0.25, 0.3) is 0 Å². The molecule has 2 atom stereocenters. The van der Waals surface area contributed by atoms with Crippen LogP contribution in [0, 0.1) is 0 Å². The van der Waals surface area contributed by atoms with Crippen molar-refractivity contribution in [2.24, 2.45) is 0 Å². The van der Waals surface area contributed by atoms with E-state index < -0.39 is 14.2 Å². The van der Waals surface area contributed by atoms with Crippen molar-refractivity contribution < 1.29 is 13.0 Å². The summed E-state index contributed by atoms with van der Waals surface area (Å²) in [6.07, 6.45) is 9.00. The van der Waals surface area contributed by atoms with Gasteiger partial charge in [0, 0.05) is 0 Å². The third-order valence-corrected chi connectivity index (χ3v) is 5.07. The van der Waals surface area contributed by atoms with Crippen LogP contribution in [-0.4, -0.2) is 33.9 Å². The van der Waals surface area contributed by atoms with Crippen LogP contribution in [0.1, 0.15) is 45.4 Å². The van der Waals surface area contributed by atoms with Crippen molar-refractivity contribution in [2.75, 3.05) is 0 Å². The van der Waals surface area contributed by atoms with E-state index in [9.17, 15) is 8.42 Å². The Balaban J connectivity index is 0.000000223. The second-order valence-corrected chi connectivity index (χ2v) is 8.23. The molecule has 1 aliphatic rings. The van der Waals surface area contributed by atoms with E-state index in [4.69, 9.17) is 4.55 Å². The van der Waals surface area contributed by atoms with Gasteiger partial charge in [-0.1, -0.05) is 38.5 Å². The average molecular weight is 270 g/mol. The Kier molecular flexibility index (Phi) is 7.10. The summed E-state index contributed by atoms with van der Waals surface area (Å²) in [6, 6.07) is 0. The molecule has 80 valence electrons. The van der Waals surface area contributed by atoms with Crippen molar-refractivity contribution in [1.29, 1.82) is 0 Å². The standard InChI is InChI=1S/C6H12.C2H7AsO3S/c1-2-4-6-5-3-1;1-2(3)7(4,5)6/h1-6H2;2H,3H2,1H3,(H,4,5,6). The van der Waals surface area contributed by atoms with Gasteiger partial charge in [-0.05, 0) is 0 Å². The van der Waals surface area contributed by atoms with E-state index in [0.29, 0.717) is 0 Å². The molecule has 0 aromatic heterocycles. The molecule has 1 rings (SSSR count). The first kappa shape index (κ1) is 13.5. The number of rotatable bonds is 1. The molecule has 0 aromatic carbocycles. The molecule has 0 aliphatic heterocycles. The summed E-state index contributed by atoms with van der Waals surface area (Å²) >= 11 is 0.997. The monoisotopic (exact) mass is 270 g/mol. The van der Waals surface area contributed by atoms with Gasteiger partial charge in [-0.3, -0.25) is 0 Å². The first-order chi connectivity index (χ1) is 5.94. The molecule has 3 nitrogen and oxygen atoms in total. The quantitative estimate of drug-likeness (QED) is 0.575. The van der Waals surface area contributed by atoms with Crippen LogP contribution in [0.3, 0.4) is 0 Å². The van der Waals surface area contributed by atoms with Gasteiger partial charge in [-0.25, -0.2) is 0 Å². The second kappa shape index (κ2) is 6.85. The molecule has 1 saturated carbocycles. The van der Waals surface area contributed by atoms with Crippen LogP contribution in [0.5, 0.6) is 0 Å². The fourth-order valence-electron chi connectivity index (χ4n) is 1.06. The zero-order chi connectivity index (χ0) is 10.3. The van der Waals surface area contributed by atoms with Crippen molar-refractivity contribution in [1.82, 2.24) is 0 Å². The molecule has 0 bridgehead atoms. The average Bonchev–Trinajstić information content (AvgIpc) is 2.07.